The Bertz CT molecular complexity index is 990. The number of aromatic nitrogens is 5. The molecule has 1 amide bonds. The summed E-state index contributed by atoms with van der Waals surface area (Å²) < 4.78 is 6.96. The van der Waals surface area contributed by atoms with Gasteiger partial charge >= 0.3 is 0 Å². The van der Waals surface area contributed by atoms with Gasteiger partial charge in [0.15, 0.2) is 5.82 Å². The Morgan fingerprint density at radius 3 is 2.86 bits per heavy atom. The third kappa shape index (κ3) is 4.18. The van der Waals surface area contributed by atoms with Crippen molar-refractivity contribution < 1.29 is 9.53 Å². The van der Waals surface area contributed by atoms with Crippen molar-refractivity contribution in [2.45, 2.75) is 19.8 Å². The van der Waals surface area contributed by atoms with Gasteiger partial charge in [-0.15, -0.1) is 0 Å². The highest BCUT2D eigenvalue weighted by Gasteiger charge is 2.27. The highest BCUT2D eigenvalue weighted by molar-refractivity contribution is 5.94. The van der Waals surface area contributed by atoms with E-state index in [-0.39, 0.29) is 11.8 Å². The fourth-order valence-corrected chi connectivity index (χ4v) is 3.52. The number of benzene rings is 1. The van der Waals surface area contributed by atoms with Crippen molar-refractivity contribution in [2.75, 3.05) is 30.4 Å². The minimum atomic E-state index is -0.140. The van der Waals surface area contributed by atoms with E-state index < -0.39 is 0 Å². The standard InChI is InChI=1S/C20H23N7O2/c1-14-5-6-17(29-2)16(8-14)25-20(28)15-4-3-7-26(10-15)18-9-19(23-12-22-18)27-13-21-11-24-27/h5-6,8-9,11-13,15H,3-4,7,10H2,1-2H3,(H,25,28). The van der Waals surface area contributed by atoms with Gasteiger partial charge in [0.2, 0.25) is 5.91 Å². The summed E-state index contributed by atoms with van der Waals surface area (Å²) >= 11 is 0. The van der Waals surface area contributed by atoms with Crippen molar-refractivity contribution in [1.29, 1.82) is 0 Å². The van der Waals surface area contributed by atoms with Crippen LogP contribution < -0.4 is 15.0 Å². The van der Waals surface area contributed by atoms with Crippen LogP contribution in [-0.2, 0) is 4.79 Å². The molecular formula is C20H23N7O2. The van der Waals surface area contributed by atoms with E-state index in [1.165, 1.54) is 12.7 Å². The molecule has 1 aliphatic heterocycles. The monoisotopic (exact) mass is 393 g/mol. The van der Waals surface area contributed by atoms with Crippen molar-refractivity contribution in [3.05, 3.63) is 48.8 Å². The van der Waals surface area contributed by atoms with Crippen LogP contribution >= 0.6 is 0 Å². The van der Waals surface area contributed by atoms with E-state index in [1.807, 2.05) is 31.2 Å². The van der Waals surface area contributed by atoms with E-state index in [1.54, 1.807) is 18.1 Å². The van der Waals surface area contributed by atoms with Crippen LogP contribution in [0.4, 0.5) is 11.5 Å². The normalized spacial score (nSPS) is 16.5. The lowest BCUT2D eigenvalue weighted by Gasteiger charge is -2.33. The number of aryl methyl sites for hydroxylation is 1. The van der Waals surface area contributed by atoms with Gasteiger partial charge in [0.25, 0.3) is 0 Å². The predicted molar refractivity (Wildman–Crippen MR) is 108 cm³/mol. The first-order valence-corrected chi connectivity index (χ1v) is 9.51. The summed E-state index contributed by atoms with van der Waals surface area (Å²) in [6.07, 6.45) is 6.30. The van der Waals surface area contributed by atoms with Crippen LogP contribution in [0.2, 0.25) is 0 Å². The van der Waals surface area contributed by atoms with E-state index >= 15 is 0 Å². The molecule has 1 atom stereocenters. The number of amides is 1. The van der Waals surface area contributed by atoms with Gasteiger partial charge in [0.05, 0.1) is 18.7 Å². The molecule has 9 heteroatoms. The summed E-state index contributed by atoms with van der Waals surface area (Å²) in [5, 5.41) is 7.14. The number of rotatable bonds is 5. The van der Waals surface area contributed by atoms with Crippen LogP contribution in [0.15, 0.2) is 43.2 Å². The quantitative estimate of drug-likeness (QED) is 0.710. The number of ether oxygens (including phenoxy) is 1. The van der Waals surface area contributed by atoms with Gasteiger partial charge < -0.3 is 15.0 Å². The first-order valence-electron chi connectivity index (χ1n) is 9.51. The Kier molecular flexibility index (Phi) is 5.37. The number of hydrogen-bond acceptors (Lipinski definition) is 7. The average Bonchev–Trinajstić information content (AvgIpc) is 3.29. The molecule has 1 unspecified atom stereocenters. The Labute approximate surface area is 168 Å². The molecule has 1 fully saturated rings. The van der Waals surface area contributed by atoms with E-state index in [0.29, 0.717) is 23.8 Å². The SMILES string of the molecule is COc1ccc(C)cc1NC(=O)C1CCCN(c2cc(-n3cncn3)ncn2)C1. The van der Waals surface area contributed by atoms with Crippen molar-refractivity contribution in [1.82, 2.24) is 24.7 Å². The number of methoxy groups -OCH3 is 1. The predicted octanol–water partition coefficient (Wildman–Crippen LogP) is 2.23. The molecule has 150 valence electrons. The molecule has 0 radical (unpaired) electrons. The highest BCUT2D eigenvalue weighted by Crippen LogP contribution is 2.28. The van der Waals surface area contributed by atoms with Crippen molar-refractivity contribution in [3.8, 4) is 11.6 Å². The molecule has 0 saturated carbocycles. The van der Waals surface area contributed by atoms with Crippen LogP contribution in [0.3, 0.4) is 0 Å². The third-order valence-corrected chi connectivity index (χ3v) is 5.02. The lowest BCUT2D eigenvalue weighted by molar-refractivity contribution is -0.120. The fraction of sp³-hybridized carbons (Fsp3) is 0.350. The summed E-state index contributed by atoms with van der Waals surface area (Å²) in [5.41, 5.74) is 1.76. The van der Waals surface area contributed by atoms with Gasteiger partial charge in [-0.25, -0.2) is 19.6 Å². The van der Waals surface area contributed by atoms with Gasteiger partial charge in [-0.05, 0) is 37.5 Å². The lowest BCUT2D eigenvalue weighted by Crippen LogP contribution is -2.41. The number of nitrogens with zero attached hydrogens (tertiary/aromatic N) is 6. The van der Waals surface area contributed by atoms with E-state index in [2.05, 4.69) is 30.3 Å². The first kappa shape index (κ1) is 18.9. The molecule has 29 heavy (non-hydrogen) atoms. The molecule has 0 aliphatic carbocycles. The Morgan fingerprint density at radius 1 is 1.21 bits per heavy atom. The van der Waals surface area contributed by atoms with Gasteiger partial charge in [0.1, 0.15) is 30.5 Å². The highest BCUT2D eigenvalue weighted by atomic mass is 16.5. The largest absolute Gasteiger partial charge is 0.495 e. The smallest absolute Gasteiger partial charge is 0.229 e. The van der Waals surface area contributed by atoms with Gasteiger partial charge in [-0.2, -0.15) is 5.10 Å². The number of carbonyl (C=O) groups is 1. The maximum absolute atomic E-state index is 12.9. The van der Waals surface area contributed by atoms with E-state index in [4.69, 9.17) is 4.74 Å². The Morgan fingerprint density at radius 2 is 2.07 bits per heavy atom. The third-order valence-electron chi connectivity index (χ3n) is 5.02. The van der Waals surface area contributed by atoms with Crippen LogP contribution in [0, 0.1) is 12.8 Å². The number of piperidine rings is 1. The number of hydrogen-bond donors (Lipinski definition) is 1. The maximum Gasteiger partial charge on any atom is 0.229 e. The van der Waals surface area contributed by atoms with Crippen molar-refractivity contribution in [2.24, 2.45) is 5.92 Å². The second-order valence-corrected chi connectivity index (χ2v) is 7.05. The molecule has 3 heterocycles. The molecular weight excluding hydrogens is 370 g/mol. The lowest BCUT2D eigenvalue weighted by atomic mass is 9.97. The summed E-state index contributed by atoms with van der Waals surface area (Å²) in [6.45, 7) is 3.42. The molecule has 0 bridgehead atoms. The van der Waals surface area contributed by atoms with Gasteiger partial charge in [-0.3, -0.25) is 4.79 Å². The summed E-state index contributed by atoms with van der Waals surface area (Å²) in [7, 11) is 1.60. The van der Waals surface area contributed by atoms with E-state index in [9.17, 15) is 4.79 Å². The van der Waals surface area contributed by atoms with E-state index in [0.717, 1.165) is 30.8 Å². The zero-order valence-corrected chi connectivity index (χ0v) is 16.4. The minimum absolute atomic E-state index is 0.0100. The Hall–Kier alpha value is -3.49. The topological polar surface area (TPSA) is 98.1 Å². The zero-order valence-electron chi connectivity index (χ0n) is 16.4. The zero-order chi connectivity index (χ0) is 20.2. The van der Waals surface area contributed by atoms with Crippen molar-refractivity contribution in [3.63, 3.8) is 0 Å². The number of nitrogens with one attached hydrogen (secondary N) is 1. The van der Waals surface area contributed by atoms with Gasteiger partial charge in [0, 0.05) is 19.2 Å². The van der Waals surface area contributed by atoms with Crippen LogP contribution in [0.1, 0.15) is 18.4 Å². The maximum atomic E-state index is 12.9. The molecule has 1 saturated heterocycles. The average molecular weight is 393 g/mol. The molecule has 1 aliphatic rings. The van der Waals surface area contributed by atoms with Crippen LogP contribution in [0.25, 0.3) is 5.82 Å². The Balaban J connectivity index is 1.48. The molecule has 2 aromatic heterocycles. The first-order chi connectivity index (χ1) is 14.1. The van der Waals surface area contributed by atoms with Crippen LogP contribution in [-0.4, -0.2) is 50.8 Å². The second kappa shape index (κ2) is 8.26. The molecule has 9 nitrogen and oxygen atoms in total. The second-order valence-electron chi connectivity index (χ2n) is 7.05. The molecule has 3 aromatic rings. The van der Waals surface area contributed by atoms with Gasteiger partial charge in [-0.1, -0.05) is 6.07 Å². The summed E-state index contributed by atoms with van der Waals surface area (Å²) in [6, 6.07) is 7.61. The number of carbonyl (C=O) groups excluding carboxylic acids is 1. The minimum Gasteiger partial charge on any atom is -0.495 e. The summed E-state index contributed by atoms with van der Waals surface area (Å²) in [5.74, 6) is 1.92. The molecule has 0 spiro atoms. The summed E-state index contributed by atoms with van der Waals surface area (Å²) in [4.78, 5) is 27.6. The van der Waals surface area contributed by atoms with Crippen LogP contribution in [0.5, 0.6) is 5.75 Å². The van der Waals surface area contributed by atoms with Crippen molar-refractivity contribution >= 4 is 17.4 Å². The molecule has 4 rings (SSSR count). The molecule has 1 N–H and O–H groups in total. The molecule has 1 aromatic carbocycles. The fourth-order valence-electron chi connectivity index (χ4n) is 3.52. The number of anilines is 2.